The SMILES string of the molecule is Cc1ccc(-c2ncnc(N)c2F)cc1F. The van der Waals surface area contributed by atoms with Crippen LogP contribution in [0.4, 0.5) is 14.6 Å². The van der Waals surface area contributed by atoms with E-state index in [4.69, 9.17) is 5.73 Å². The van der Waals surface area contributed by atoms with Crippen LogP contribution >= 0.6 is 0 Å². The van der Waals surface area contributed by atoms with Crippen molar-refractivity contribution in [3.05, 3.63) is 41.7 Å². The molecule has 2 rings (SSSR count). The van der Waals surface area contributed by atoms with Gasteiger partial charge in [0.15, 0.2) is 11.6 Å². The zero-order valence-electron chi connectivity index (χ0n) is 8.54. The van der Waals surface area contributed by atoms with Crippen molar-refractivity contribution in [1.82, 2.24) is 9.97 Å². The molecule has 0 amide bonds. The molecule has 0 spiro atoms. The zero-order chi connectivity index (χ0) is 11.7. The van der Waals surface area contributed by atoms with E-state index in [-0.39, 0.29) is 11.5 Å². The highest BCUT2D eigenvalue weighted by atomic mass is 19.1. The van der Waals surface area contributed by atoms with Crippen LogP contribution in [0.3, 0.4) is 0 Å². The van der Waals surface area contributed by atoms with Crippen molar-refractivity contribution in [2.24, 2.45) is 0 Å². The summed E-state index contributed by atoms with van der Waals surface area (Å²) in [5.74, 6) is -1.38. The molecule has 1 heterocycles. The van der Waals surface area contributed by atoms with Gasteiger partial charge >= 0.3 is 0 Å². The lowest BCUT2D eigenvalue weighted by Crippen LogP contribution is -1.99. The molecule has 0 atom stereocenters. The smallest absolute Gasteiger partial charge is 0.191 e. The quantitative estimate of drug-likeness (QED) is 0.803. The number of nitrogens with two attached hydrogens (primary N) is 1. The Kier molecular flexibility index (Phi) is 2.52. The molecule has 0 bridgehead atoms. The molecule has 0 fully saturated rings. The molecule has 0 radical (unpaired) electrons. The number of aromatic nitrogens is 2. The number of nitrogens with zero attached hydrogens (tertiary/aromatic N) is 2. The second-order valence-electron chi connectivity index (χ2n) is 3.39. The second kappa shape index (κ2) is 3.84. The number of rotatable bonds is 1. The Morgan fingerprint density at radius 2 is 1.94 bits per heavy atom. The normalized spacial score (nSPS) is 10.4. The van der Waals surface area contributed by atoms with E-state index in [1.54, 1.807) is 19.1 Å². The Morgan fingerprint density at radius 1 is 1.19 bits per heavy atom. The maximum Gasteiger partial charge on any atom is 0.191 e. The molecular formula is C11H9F2N3. The average molecular weight is 221 g/mol. The van der Waals surface area contributed by atoms with Crippen molar-refractivity contribution in [2.75, 3.05) is 5.73 Å². The summed E-state index contributed by atoms with van der Waals surface area (Å²) in [5.41, 5.74) is 6.15. The second-order valence-corrected chi connectivity index (χ2v) is 3.39. The van der Waals surface area contributed by atoms with E-state index in [0.717, 1.165) is 6.33 Å². The zero-order valence-corrected chi connectivity index (χ0v) is 8.54. The summed E-state index contributed by atoms with van der Waals surface area (Å²) in [7, 11) is 0. The lowest BCUT2D eigenvalue weighted by atomic mass is 10.1. The molecule has 1 aromatic carbocycles. The van der Waals surface area contributed by atoms with Gasteiger partial charge in [-0.2, -0.15) is 0 Å². The van der Waals surface area contributed by atoms with Crippen molar-refractivity contribution in [2.45, 2.75) is 6.92 Å². The fraction of sp³-hybridized carbons (Fsp3) is 0.0909. The van der Waals surface area contributed by atoms with Gasteiger partial charge in [-0.15, -0.1) is 0 Å². The van der Waals surface area contributed by atoms with Crippen molar-refractivity contribution in [1.29, 1.82) is 0 Å². The van der Waals surface area contributed by atoms with E-state index in [1.165, 1.54) is 6.07 Å². The molecule has 16 heavy (non-hydrogen) atoms. The summed E-state index contributed by atoms with van der Waals surface area (Å²) in [4.78, 5) is 7.25. The Hall–Kier alpha value is -2.04. The number of nitrogen functional groups attached to an aromatic ring is 1. The van der Waals surface area contributed by atoms with E-state index < -0.39 is 11.6 Å². The van der Waals surface area contributed by atoms with Gasteiger partial charge in [0, 0.05) is 5.56 Å². The van der Waals surface area contributed by atoms with Gasteiger partial charge in [0.2, 0.25) is 0 Å². The topological polar surface area (TPSA) is 51.8 Å². The van der Waals surface area contributed by atoms with Crippen LogP contribution in [-0.2, 0) is 0 Å². The first kappa shape index (κ1) is 10.5. The average Bonchev–Trinajstić information content (AvgIpc) is 2.26. The number of aryl methyl sites for hydroxylation is 1. The van der Waals surface area contributed by atoms with E-state index in [2.05, 4.69) is 9.97 Å². The molecule has 2 aromatic rings. The largest absolute Gasteiger partial charge is 0.381 e. The highest BCUT2D eigenvalue weighted by Crippen LogP contribution is 2.24. The molecule has 2 N–H and O–H groups in total. The van der Waals surface area contributed by atoms with Crippen LogP contribution in [0.2, 0.25) is 0 Å². The number of benzene rings is 1. The highest BCUT2D eigenvalue weighted by molar-refractivity contribution is 5.63. The molecule has 0 aliphatic heterocycles. The van der Waals surface area contributed by atoms with Crippen molar-refractivity contribution in [3.8, 4) is 11.3 Å². The van der Waals surface area contributed by atoms with Crippen molar-refractivity contribution >= 4 is 5.82 Å². The maximum atomic E-state index is 13.5. The molecule has 3 nitrogen and oxygen atoms in total. The molecule has 0 aliphatic rings. The summed E-state index contributed by atoms with van der Waals surface area (Å²) in [6.07, 6.45) is 1.14. The maximum absolute atomic E-state index is 13.5. The van der Waals surface area contributed by atoms with Crippen molar-refractivity contribution in [3.63, 3.8) is 0 Å². The van der Waals surface area contributed by atoms with E-state index in [9.17, 15) is 8.78 Å². The number of hydrogen-bond acceptors (Lipinski definition) is 3. The van der Waals surface area contributed by atoms with Crippen LogP contribution in [-0.4, -0.2) is 9.97 Å². The number of halogens is 2. The third kappa shape index (κ3) is 1.71. The third-order valence-corrected chi connectivity index (χ3v) is 2.26. The highest BCUT2D eigenvalue weighted by Gasteiger charge is 2.11. The minimum absolute atomic E-state index is 0.00593. The fourth-order valence-corrected chi connectivity index (χ4v) is 1.32. The molecule has 82 valence electrons. The predicted octanol–water partition coefficient (Wildman–Crippen LogP) is 2.31. The molecule has 0 unspecified atom stereocenters. The van der Waals surface area contributed by atoms with Crippen LogP contribution in [0.5, 0.6) is 0 Å². The van der Waals surface area contributed by atoms with Crippen molar-refractivity contribution < 1.29 is 8.78 Å². The number of anilines is 1. The monoisotopic (exact) mass is 221 g/mol. The third-order valence-electron chi connectivity index (χ3n) is 2.26. The minimum atomic E-state index is -0.731. The minimum Gasteiger partial charge on any atom is -0.381 e. The standard InChI is InChI=1S/C11H9F2N3/c1-6-2-3-7(4-8(6)12)10-9(13)11(14)16-5-15-10/h2-5H,1H3,(H2,14,15,16). The molecule has 0 aliphatic carbocycles. The lowest BCUT2D eigenvalue weighted by Gasteiger charge is -2.04. The van der Waals surface area contributed by atoms with Crippen LogP contribution in [0.1, 0.15) is 5.56 Å². The first-order valence-electron chi connectivity index (χ1n) is 4.62. The first-order valence-corrected chi connectivity index (χ1v) is 4.62. The molecule has 0 saturated heterocycles. The van der Waals surface area contributed by atoms with Gasteiger partial charge in [0.05, 0.1) is 0 Å². The van der Waals surface area contributed by atoms with E-state index in [0.29, 0.717) is 11.1 Å². The Labute approximate surface area is 91.0 Å². The summed E-state index contributed by atoms with van der Waals surface area (Å²) in [6.45, 7) is 1.63. The molecular weight excluding hydrogens is 212 g/mol. The van der Waals surface area contributed by atoms with Crippen LogP contribution in [0, 0.1) is 18.6 Å². The summed E-state index contributed by atoms with van der Waals surface area (Å²) in [6, 6.07) is 4.37. The first-order chi connectivity index (χ1) is 7.59. The molecule has 5 heteroatoms. The van der Waals surface area contributed by atoms with E-state index in [1.807, 2.05) is 0 Å². The lowest BCUT2D eigenvalue weighted by molar-refractivity contribution is 0.615. The van der Waals surface area contributed by atoms with Gasteiger partial charge < -0.3 is 5.73 Å². The predicted molar refractivity (Wildman–Crippen MR) is 56.5 cm³/mol. The molecule has 0 saturated carbocycles. The van der Waals surface area contributed by atoms with Crippen LogP contribution in [0.15, 0.2) is 24.5 Å². The van der Waals surface area contributed by atoms with Gasteiger partial charge in [0.25, 0.3) is 0 Å². The summed E-state index contributed by atoms with van der Waals surface area (Å²) in [5, 5.41) is 0. The van der Waals surface area contributed by atoms with Gasteiger partial charge in [-0.3, -0.25) is 0 Å². The summed E-state index contributed by atoms with van der Waals surface area (Å²) >= 11 is 0. The van der Waals surface area contributed by atoms with Gasteiger partial charge in [-0.25, -0.2) is 18.7 Å². The van der Waals surface area contributed by atoms with Gasteiger partial charge in [-0.1, -0.05) is 12.1 Å². The van der Waals surface area contributed by atoms with Crippen LogP contribution in [0.25, 0.3) is 11.3 Å². The Morgan fingerprint density at radius 3 is 2.62 bits per heavy atom. The van der Waals surface area contributed by atoms with Gasteiger partial charge in [-0.05, 0) is 18.6 Å². The van der Waals surface area contributed by atoms with Crippen LogP contribution < -0.4 is 5.73 Å². The van der Waals surface area contributed by atoms with Gasteiger partial charge in [0.1, 0.15) is 17.8 Å². The van der Waals surface area contributed by atoms with E-state index >= 15 is 0 Å². The fourth-order valence-electron chi connectivity index (χ4n) is 1.32. The Bertz CT molecular complexity index is 541. The summed E-state index contributed by atoms with van der Waals surface area (Å²) < 4.78 is 26.8. The Balaban J connectivity index is 2.59. The molecule has 1 aromatic heterocycles. The number of hydrogen-bond donors (Lipinski definition) is 1.